The third-order valence-electron chi connectivity index (χ3n) is 2.26. The van der Waals surface area contributed by atoms with Gasteiger partial charge in [0.2, 0.25) is 0 Å². The van der Waals surface area contributed by atoms with Crippen LogP contribution in [0.5, 0.6) is 0 Å². The molecule has 0 aromatic heterocycles. The summed E-state index contributed by atoms with van der Waals surface area (Å²) in [4.78, 5) is 17.6. The molecule has 2 aliphatic heterocycles. The number of halogens is 1. The molecule has 3 nitrogen and oxygen atoms in total. The van der Waals surface area contributed by atoms with Crippen molar-refractivity contribution in [3.8, 4) is 11.4 Å². The number of nitrogens with zero attached hydrogens (tertiary/aromatic N) is 1. The van der Waals surface area contributed by atoms with E-state index >= 15 is 0 Å². The van der Waals surface area contributed by atoms with Crippen LogP contribution in [0.2, 0.25) is 0 Å². The highest BCUT2D eigenvalue weighted by Crippen LogP contribution is 2.22. The standard InChI is InChI=1S/C10H9FN2O/c1-5-3-7-6(2)8(11)4-12-9(7)13-10(5)14/h3-4H,1-2H3,(H,12,13,14). The molecule has 4 heteroatoms. The number of aromatic nitrogens is 2. The van der Waals surface area contributed by atoms with Gasteiger partial charge in [-0.1, -0.05) is 0 Å². The van der Waals surface area contributed by atoms with Gasteiger partial charge in [-0.05, 0) is 25.5 Å². The van der Waals surface area contributed by atoms with Gasteiger partial charge in [0, 0.05) is 17.3 Å². The molecule has 0 fully saturated rings. The van der Waals surface area contributed by atoms with Crippen molar-refractivity contribution in [3.63, 3.8) is 0 Å². The summed E-state index contributed by atoms with van der Waals surface area (Å²) in [6.07, 6.45) is 1.21. The lowest BCUT2D eigenvalue weighted by Crippen LogP contribution is -2.13. The van der Waals surface area contributed by atoms with Crippen LogP contribution in [-0.4, -0.2) is 9.97 Å². The molecule has 0 saturated heterocycles. The normalized spacial score (nSPS) is 10.8. The zero-order valence-electron chi connectivity index (χ0n) is 7.89. The second kappa shape index (κ2) is 2.90. The van der Waals surface area contributed by atoms with Crippen molar-refractivity contribution in [2.75, 3.05) is 0 Å². The van der Waals surface area contributed by atoms with Crippen LogP contribution in [0.15, 0.2) is 17.1 Å². The zero-order chi connectivity index (χ0) is 10.3. The first-order chi connectivity index (χ1) is 6.59. The molecule has 2 heterocycles. The van der Waals surface area contributed by atoms with Crippen molar-refractivity contribution in [2.24, 2.45) is 0 Å². The van der Waals surface area contributed by atoms with Gasteiger partial charge in [0.15, 0.2) is 0 Å². The van der Waals surface area contributed by atoms with Crippen LogP contribution in [0.4, 0.5) is 4.39 Å². The highest BCUT2D eigenvalue weighted by Gasteiger charge is 2.12. The number of hydrogen-bond donors (Lipinski definition) is 1. The van der Waals surface area contributed by atoms with E-state index in [4.69, 9.17) is 0 Å². The predicted octanol–water partition coefficient (Wildman–Crippen LogP) is 1.63. The van der Waals surface area contributed by atoms with E-state index in [0.29, 0.717) is 22.5 Å². The average molecular weight is 192 g/mol. The van der Waals surface area contributed by atoms with E-state index in [2.05, 4.69) is 9.97 Å². The van der Waals surface area contributed by atoms with Crippen molar-refractivity contribution in [1.29, 1.82) is 0 Å². The van der Waals surface area contributed by atoms with Gasteiger partial charge < -0.3 is 4.98 Å². The average Bonchev–Trinajstić information content (AvgIpc) is 2.15. The Kier molecular flexibility index (Phi) is 1.84. The van der Waals surface area contributed by atoms with Gasteiger partial charge in [-0.2, -0.15) is 4.98 Å². The quantitative estimate of drug-likeness (QED) is 0.689. The molecule has 0 spiro atoms. The number of aromatic amines is 1. The summed E-state index contributed by atoms with van der Waals surface area (Å²) in [6, 6.07) is 1.65. The van der Waals surface area contributed by atoms with Crippen LogP contribution < -0.4 is 5.56 Å². The monoisotopic (exact) mass is 192 g/mol. The Morgan fingerprint density at radius 3 is 2.86 bits per heavy atom. The zero-order valence-corrected chi connectivity index (χ0v) is 7.89. The van der Waals surface area contributed by atoms with E-state index < -0.39 is 0 Å². The Labute approximate surface area is 80.0 Å². The van der Waals surface area contributed by atoms with Crippen LogP contribution in [0, 0.1) is 19.7 Å². The van der Waals surface area contributed by atoms with Crippen LogP contribution in [0.25, 0.3) is 11.4 Å². The molecule has 0 atom stereocenters. The molecular weight excluding hydrogens is 183 g/mol. The minimum Gasteiger partial charge on any atom is -0.343 e. The van der Waals surface area contributed by atoms with Gasteiger partial charge >= 0.3 is 0 Å². The van der Waals surface area contributed by atoms with E-state index in [1.165, 1.54) is 6.20 Å². The molecule has 0 amide bonds. The Morgan fingerprint density at radius 1 is 1.43 bits per heavy atom. The summed E-state index contributed by atoms with van der Waals surface area (Å²) in [5.41, 5.74) is 1.41. The number of pyridine rings is 2. The molecular formula is C10H9FN2O. The number of H-pyrrole nitrogens is 1. The lowest BCUT2D eigenvalue weighted by molar-refractivity contribution is 0.612. The lowest BCUT2D eigenvalue weighted by Gasteiger charge is -2.08. The summed E-state index contributed by atoms with van der Waals surface area (Å²) in [7, 11) is 0. The molecule has 0 bridgehead atoms. The number of rotatable bonds is 0. The van der Waals surface area contributed by atoms with Gasteiger partial charge in [-0.25, -0.2) is 4.39 Å². The third kappa shape index (κ3) is 1.19. The number of aryl methyl sites for hydroxylation is 1. The minimum absolute atomic E-state index is 0.278. The molecule has 1 N–H and O–H groups in total. The molecule has 0 aliphatic carbocycles. The predicted molar refractivity (Wildman–Crippen MR) is 50.9 cm³/mol. The maximum atomic E-state index is 13.1. The summed E-state index contributed by atoms with van der Waals surface area (Å²) in [5, 5.41) is 0. The topological polar surface area (TPSA) is 45.8 Å². The molecule has 72 valence electrons. The molecule has 0 unspecified atom stereocenters. The summed E-state index contributed by atoms with van der Waals surface area (Å²) < 4.78 is 13.1. The van der Waals surface area contributed by atoms with Crippen molar-refractivity contribution in [3.05, 3.63) is 39.6 Å². The highest BCUT2D eigenvalue weighted by molar-refractivity contribution is 5.61. The molecule has 0 saturated carbocycles. The smallest absolute Gasteiger partial charge is 0.274 e. The largest absolute Gasteiger partial charge is 0.343 e. The molecule has 2 rings (SSSR count). The Bertz CT molecular complexity index is 518. The Morgan fingerprint density at radius 2 is 2.14 bits per heavy atom. The van der Waals surface area contributed by atoms with Gasteiger partial charge in [0.05, 0.1) is 0 Å². The van der Waals surface area contributed by atoms with E-state index in [9.17, 15) is 9.18 Å². The Balaban J connectivity index is 2.90. The second-order valence-electron chi connectivity index (χ2n) is 3.27. The third-order valence-corrected chi connectivity index (χ3v) is 2.26. The fourth-order valence-electron chi connectivity index (χ4n) is 1.36. The molecule has 0 radical (unpaired) electrons. The lowest BCUT2D eigenvalue weighted by atomic mass is 10.1. The fourth-order valence-corrected chi connectivity index (χ4v) is 1.36. The number of hydrogen-bond acceptors (Lipinski definition) is 2. The number of nitrogens with one attached hydrogen (secondary N) is 1. The SMILES string of the molecule is Cc1c(F)c[nH]c2nc(=O)c(C)cc1-2. The van der Waals surface area contributed by atoms with Crippen LogP contribution in [-0.2, 0) is 0 Å². The molecule has 0 aromatic rings. The van der Waals surface area contributed by atoms with Crippen molar-refractivity contribution in [2.45, 2.75) is 13.8 Å². The molecule has 2 aliphatic rings. The van der Waals surface area contributed by atoms with E-state index in [0.717, 1.165) is 0 Å². The summed E-state index contributed by atoms with van der Waals surface area (Å²) in [6.45, 7) is 3.33. The first kappa shape index (κ1) is 8.87. The van der Waals surface area contributed by atoms with Crippen molar-refractivity contribution in [1.82, 2.24) is 9.97 Å². The maximum Gasteiger partial charge on any atom is 0.274 e. The van der Waals surface area contributed by atoms with Gasteiger partial charge in [0.25, 0.3) is 5.56 Å². The van der Waals surface area contributed by atoms with Crippen molar-refractivity contribution < 1.29 is 4.39 Å². The van der Waals surface area contributed by atoms with Gasteiger partial charge in [-0.15, -0.1) is 0 Å². The fraction of sp³-hybridized carbons (Fsp3) is 0.200. The molecule has 0 aromatic carbocycles. The molecule has 14 heavy (non-hydrogen) atoms. The van der Waals surface area contributed by atoms with E-state index in [1.807, 2.05) is 0 Å². The first-order valence-electron chi connectivity index (χ1n) is 4.25. The van der Waals surface area contributed by atoms with Crippen molar-refractivity contribution >= 4 is 0 Å². The summed E-state index contributed by atoms with van der Waals surface area (Å²) >= 11 is 0. The maximum absolute atomic E-state index is 13.1. The van der Waals surface area contributed by atoms with Gasteiger partial charge in [-0.3, -0.25) is 4.79 Å². The highest BCUT2D eigenvalue weighted by atomic mass is 19.1. The minimum atomic E-state index is -0.322. The van der Waals surface area contributed by atoms with Crippen LogP contribution >= 0.6 is 0 Å². The second-order valence-corrected chi connectivity index (χ2v) is 3.27. The number of fused-ring (bicyclic) bond motifs is 1. The van der Waals surface area contributed by atoms with Crippen LogP contribution in [0.1, 0.15) is 11.1 Å². The summed E-state index contributed by atoms with van der Waals surface area (Å²) in [5.74, 6) is 0.108. The van der Waals surface area contributed by atoms with E-state index in [1.54, 1.807) is 19.9 Å². The Hall–Kier alpha value is -1.71. The van der Waals surface area contributed by atoms with Crippen LogP contribution in [0.3, 0.4) is 0 Å². The van der Waals surface area contributed by atoms with Gasteiger partial charge in [0.1, 0.15) is 11.6 Å². The van der Waals surface area contributed by atoms with E-state index in [-0.39, 0.29) is 11.4 Å². The first-order valence-corrected chi connectivity index (χ1v) is 4.25.